The Hall–Kier alpha value is -3.00. The first-order chi connectivity index (χ1) is 14.3. The first-order valence-corrected chi connectivity index (χ1v) is 11.4. The Morgan fingerprint density at radius 2 is 1.93 bits per heavy atom. The number of nitrogens with zero attached hydrogens (tertiary/aromatic N) is 1. The minimum Gasteiger partial charge on any atom is -0.497 e. The van der Waals surface area contributed by atoms with E-state index in [0.29, 0.717) is 36.7 Å². The van der Waals surface area contributed by atoms with E-state index in [1.165, 1.54) is 12.1 Å². The average molecular weight is 432 g/mol. The maximum absolute atomic E-state index is 12.5. The fourth-order valence-corrected chi connectivity index (χ4v) is 3.69. The fraction of sp³-hybridized carbons (Fsp3) is 0.318. The van der Waals surface area contributed by atoms with E-state index >= 15 is 0 Å². The Morgan fingerprint density at radius 1 is 1.13 bits per heavy atom. The summed E-state index contributed by atoms with van der Waals surface area (Å²) in [4.78, 5) is 14.4. The minimum atomic E-state index is -3.27. The number of furan rings is 1. The number of methoxy groups -OCH3 is 1. The third-order valence-corrected chi connectivity index (χ3v) is 5.88. The summed E-state index contributed by atoms with van der Waals surface area (Å²) in [6.07, 6.45) is 3.63. The molecule has 160 valence electrons. The van der Waals surface area contributed by atoms with Crippen LogP contribution in [-0.4, -0.2) is 52.8 Å². The number of amides is 1. The van der Waals surface area contributed by atoms with Gasteiger partial charge in [-0.2, -0.15) is 0 Å². The zero-order valence-corrected chi connectivity index (χ0v) is 18.1. The number of hydrogen-bond donors (Lipinski definition) is 0. The Morgan fingerprint density at radius 3 is 2.67 bits per heavy atom. The van der Waals surface area contributed by atoms with Crippen LogP contribution in [0.15, 0.2) is 58.0 Å². The molecule has 0 N–H and O–H groups in total. The standard InChI is InChI=1S/C22H25NO6S/c1-23(10-5-11-28-18-6-4-7-19(13-18)30(3,25)26)22(24)12-16-15-29-21-14-17(27-2)8-9-20(16)21/h4,6-9,13-15H,5,10-12H2,1-3H3. The van der Waals surface area contributed by atoms with E-state index < -0.39 is 9.84 Å². The molecule has 8 heteroatoms. The van der Waals surface area contributed by atoms with E-state index in [9.17, 15) is 13.2 Å². The number of rotatable bonds is 9. The summed E-state index contributed by atoms with van der Waals surface area (Å²) in [5, 5.41) is 0.895. The van der Waals surface area contributed by atoms with E-state index in [4.69, 9.17) is 13.9 Å². The third-order valence-electron chi connectivity index (χ3n) is 4.77. The lowest BCUT2D eigenvalue weighted by molar-refractivity contribution is -0.129. The van der Waals surface area contributed by atoms with Crippen LogP contribution >= 0.6 is 0 Å². The van der Waals surface area contributed by atoms with Crippen molar-refractivity contribution in [3.63, 3.8) is 0 Å². The molecule has 2 aromatic carbocycles. The van der Waals surface area contributed by atoms with Crippen LogP contribution in [0.4, 0.5) is 0 Å². The fourth-order valence-electron chi connectivity index (χ4n) is 3.04. The highest BCUT2D eigenvalue weighted by Crippen LogP contribution is 2.26. The normalized spacial score (nSPS) is 11.4. The van der Waals surface area contributed by atoms with E-state index in [2.05, 4.69) is 0 Å². The van der Waals surface area contributed by atoms with Crippen LogP contribution in [-0.2, 0) is 21.1 Å². The van der Waals surface area contributed by atoms with Gasteiger partial charge in [-0.3, -0.25) is 4.79 Å². The van der Waals surface area contributed by atoms with Crippen molar-refractivity contribution in [3.8, 4) is 11.5 Å². The highest BCUT2D eigenvalue weighted by molar-refractivity contribution is 7.90. The van der Waals surface area contributed by atoms with Gasteiger partial charge < -0.3 is 18.8 Å². The summed E-state index contributed by atoms with van der Waals surface area (Å²) in [7, 11) is 0.0680. The minimum absolute atomic E-state index is 0.0207. The van der Waals surface area contributed by atoms with Crippen LogP contribution in [0.1, 0.15) is 12.0 Å². The zero-order chi connectivity index (χ0) is 21.7. The second-order valence-electron chi connectivity index (χ2n) is 7.06. The molecule has 30 heavy (non-hydrogen) atoms. The number of carbonyl (C=O) groups is 1. The number of benzene rings is 2. The molecule has 1 amide bonds. The lowest BCUT2D eigenvalue weighted by Gasteiger charge is -2.17. The van der Waals surface area contributed by atoms with Crippen LogP contribution in [0, 0.1) is 0 Å². The predicted octanol–water partition coefficient (Wildman–Crippen LogP) is 3.31. The van der Waals surface area contributed by atoms with Crippen molar-refractivity contribution >= 4 is 26.7 Å². The number of ether oxygens (including phenoxy) is 2. The van der Waals surface area contributed by atoms with Crippen molar-refractivity contribution in [3.05, 3.63) is 54.3 Å². The molecule has 0 unspecified atom stereocenters. The topological polar surface area (TPSA) is 86.0 Å². The first kappa shape index (κ1) is 21.7. The number of sulfone groups is 1. The molecule has 0 aliphatic carbocycles. The van der Waals surface area contributed by atoms with Crippen LogP contribution in [0.25, 0.3) is 11.0 Å². The smallest absolute Gasteiger partial charge is 0.226 e. The van der Waals surface area contributed by atoms with Gasteiger partial charge >= 0.3 is 0 Å². The molecule has 0 saturated carbocycles. The van der Waals surface area contributed by atoms with Gasteiger partial charge in [0.05, 0.1) is 31.3 Å². The second-order valence-corrected chi connectivity index (χ2v) is 9.08. The summed E-state index contributed by atoms with van der Waals surface area (Å²) >= 11 is 0. The van der Waals surface area contributed by atoms with Gasteiger partial charge in [0, 0.05) is 36.9 Å². The van der Waals surface area contributed by atoms with Crippen molar-refractivity contribution in [2.24, 2.45) is 0 Å². The molecule has 0 radical (unpaired) electrons. The number of carbonyl (C=O) groups excluding carboxylic acids is 1. The third kappa shape index (κ3) is 5.33. The van der Waals surface area contributed by atoms with Gasteiger partial charge in [-0.25, -0.2) is 8.42 Å². The first-order valence-electron chi connectivity index (χ1n) is 9.49. The van der Waals surface area contributed by atoms with E-state index in [1.807, 2.05) is 12.1 Å². The predicted molar refractivity (Wildman–Crippen MR) is 114 cm³/mol. The Bertz CT molecular complexity index is 1140. The van der Waals surface area contributed by atoms with Crippen molar-refractivity contribution in [2.45, 2.75) is 17.7 Å². The molecule has 0 aliphatic rings. The summed E-state index contributed by atoms with van der Waals surface area (Å²) < 4.78 is 39.6. The van der Waals surface area contributed by atoms with E-state index in [1.54, 1.807) is 43.5 Å². The Kier molecular flexibility index (Phi) is 6.66. The van der Waals surface area contributed by atoms with E-state index in [-0.39, 0.29) is 17.2 Å². The molecule has 0 bridgehead atoms. The maximum Gasteiger partial charge on any atom is 0.226 e. The average Bonchev–Trinajstić information content (AvgIpc) is 3.12. The summed E-state index contributed by atoms with van der Waals surface area (Å²) in [5.74, 6) is 1.17. The molecule has 0 atom stereocenters. The van der Waals surface area contributed by atoms with Gasteiger partial charge in [-0.15, -0.1) is 0 Å². The molecule has 7 nitrogen and oxygen atoms in total. The summed E-state index contributed by atoms with van der Waals surface area (Å²) in [6, 6.07) is 11.9. The van der Waals surface area contributed by atoms with Crippen molar-refractivity contribution in [1.82, 2.24) is 4.90 Å². The molecular weight excluding hydrogens is 406 g/mol. The van der Waals surface area contributed by atoms with Gasteiger partial charge in [-0.05, 0) is 36.8 Å². The van der Waals surface area contributed by atoms with Gasteiger partial charge in [0.2, 0.25) is 5.91 Å². The molecule has 1 aromatic heterocycles. The zero-order valence-electron chi connectivity index (χ0n) is 17.3. The molecule has 0 aliphatic heterocycles. The van der Waals surface area contributed by atoms with Crippen LogP contribution in [0.2, 0.25) is 0 Å². The molecule has 3 aromatic rings. The summed E-state index contributed by atoms with van der Waals surface area (Å²) in [6.45, 7) is 0.896. The van der Waals surface area contributed by atoms with Gasteiger partial charge in [0.1, 0.15) is 17.1 Å². The highest BCUT2D eigenvalue weighted by Gasteiger charge is 2.14. The number of hydrogen-bond acceptors (Lipinski definition) is 6. The second kappa shape index (κ2) is 9.21. The van der Waals surface area contributed by atoms with Gasteiger partial charge in [0.25, 0.3) is 0 Å². The Balaban J connectivity index is 1.49. The number of fused-ring (bicyclic) bond motifs is 1. The molecule has 0 spiro atoms. The maximum atomic E-state index is 12.5. The van der Waals surface area contributed by atoms with Gasteiger partial charge in [-0.1, -0.05) is 6.07 Å². The molecule has 3 rings (SSSR count). The molecule has 0 saturated heterocycles. The quantitative estimate of drug-likeness (QED) is 0.483. The monoisotopic (exact) mass is 431 g/mol. The lowest BCUT2D eigenvalue weighted by Crippen LogP contribution is -2.30. The molecule has 1 heterocycles. The van der Waals surface area contributed by atoms with Crippen molar-refractivity contribution in [1.29, 1.82) is 0 Å². The Labute approximate surface area is 176 Å². The van der Waals surface area contributed by atoms with Gasteiger partial charge in [0.15, 0.2) is 9.84 Å². The van der Waals surface area contributed by atoms with Crippen LogP contribution in [0.5, 0.6) is 11.5 Å². The SMILES string of the molecule is COc1ccc2c(CC(=O)N(C)CCCOc3cccc(S(C)(=O)=O)c3)coc2c1. The van der Waals surface area contributed by atoms with Crippen molar-refractivity contribution in [2.75, 3.05) is 33.6 Å². The van der Waals surface area contributed by atoms with Crippen LogP contribution in [0.3, 0.4) is 0 Å². The van der Waals surface area contributed by atoms with Crippen LogP contribution < -0.4 is 9.47 Å². The summed E-state index contributed by atoms with van der Waals surface area (Å²) in [5.41, 5.74) is 1.52. The molecular formula is C22H25NO6S. The van der Waals surface area contributed by atoms with Crippen molar-refractivity contribution < 1.29 is 27.1 Å². The van der Waals surface area contributed by atoms with E-state index in [0.717, 1.165) is 17.2 Å². The lowest BCUT2D eigenvalue weighted by atomic mass is 10.1. The largest absolute Gasteiger partial charge is 0.497 e. The number of likely N-dealkylation sites (N-methyl/N-ethyl adjacent to an activating group) is 1. The molecule has 0 fully saturated rings. The highest BCUT2D eigenvalue weighted by atomic mass is 32.2.